The van der Waals surface area contributed by atoms with Gasteiger partial charge in [0.05, 0.1) is 11.0 Å². The van der Waals surface area contributed by atoms with Gasteiger partial charge in [-0.05, 0) is 38.0 Å². The second-order valence-corrected chi connectivity index (χ2v) is 6.70. The van der Waals surface area contributed by atoms with Gasteiger partial charge in [0, 0.05) is 24.7 Å². The van der Waals surface area contributed by atoms with E-state index in [0.717, 1.165) is 5.56 Å². The van der Waals surface area contributed by atoms with E-state index in [1.54, 1.807) is 26.0 Å². The normalized spacial score (nSPS) is 11.8. The Kier molecular flexibility index (Phi) is 5.54. The molecule has 0 amide bonds. The van der Waals surface area contributed by atoms with Crippen LogP contribution in [0.25, 0.3) is 0 Å². The van der Waals surface area contributed by atoms with E-state index in [-0.39, 0.29) is 23.9 Å². The summed E-state index contributed by atoms with van der Waals surface area (Å²) in [6.45, 7) is 5.69. The summed E-state index contributed by atoms with van der Waals surface area (Å²) in [7, 11) is -3.64. The summed E-state index contributed by atoms with van der Waals surface area (Å²) in [4.78, 5) is 0.242. The monoisotopic (exact) mass is 295 g/mol. The smallest absolute Gasteiger partial charge is 0.243 e. The summed E-state index contributed by atoms with van der Waals surface area (Å²) >= 11 is 0. The number of rotatable bonds is 6. The number of anilines is 1. The van der Waals surface area contributed by atoms with Crippen LogP contribution in [0.3, 0.4) is 0 Å². The molecule has 0 aliphatic rings. The lowest BCUT2D eigenvalue weighted by atomic mass is 10.1. The fourth-order valence-electron chi connectivity index (χ4n) is 2.05. The topological polar surface area (TPSA) is 87.2 Å². The Morgan fingerprint density at radius 3 is 2.55 bits per heavy atom. The first-order valence-corrected chi connectivity index (χ1v) is 8.05. The van der Waals surface area contributed by atoms with E-state index < -0.39 is 10.0 Å². The van der Waals surface area contributed by atoms with Crippen molar-refractivity contribution in [1.82, 2.24) is 4.31 Å². The van der Waals surface area contributed by atoms with Crippen molar-refractivity contribution in [2.45, 2.75) is 44.6 Å². The molecular formula is C14H21N3O2S. The molecule has 0 aromatic heterocycles. The van der Waals surface area contributed by atoms with Gasteiger partial charge in [-0.15, -0.1) is 0 Å². The minimum Gasteiger partial charge on any atom is -0.399 e. The van der Waals surface area contributed by atoms with Crippen LogP contribution >= 0.6 is 0 Å². The van der Waals surface area contributed by atoms with E-state index in [1.807, 2.05) is 13.0 Å². The number of nitrogens with two attached hydrogens (primary N) is 1. The standard InChI is InChI=1S/C14H21N3O2S/c1-4-12-6-7-13(16)10-14(12)20(18,19)17(11(2)3)9-5-8-15/h6-7,10-11H,4-5,9,16H2,1-3H3. The van der Waals surface area contributed by atoms with Gasteiger partial charge in [0.1, 0.15) is 0 Å². The zero-order valence-electron chi connectivity index (χ0n) is 12.1. The zero-order chi connectivity index (χ0) is 15.3. The van der Waals surface area contributed by atoms with E-state index in [9.17, 15) is 8.42 Å². The number of nitrogen functional groups attached to an aromatic ring is 1. The molecule has 5 nitrogen and oxygen atoms in total. The van der Waals surface area contributed by atoms with Crippen LogP contribution in [0.1, 0.15) is 32.8 Å². The lowest BCUT2D eigenvalue weighted by Crippen LogP contribution is -2.38. The summed E-state index contributed by atoms with van der Waals surface area (Å²) in [5, 5.41) is 8.69. The first kappa shape index (κ1) is 16.5. The third-order valence-electron chi connectivity index (χ3n) is 3.08. The van der Waals surface area contributed by atoms with Gasteiger partial charge >= 0.3 is 0 Å². The Labute approximate surface area is 121 Å². The maximum absolute atomic E-state index is 12.8. The van der Waals surface area contributed by atoms with Crippen molar-refractivity contribution in [3.8, 4) is 6.07 Å². The van der Waals surface area contributed by atoms with Gasteiger partial charge in [0.15, 0.2) is 0 Å². The Hall–Kier alpha value is -1.58. The van der Waals surface area contributed by atoms with E-state index in [4.69, 9.17) is 11.0 Å². The summed E-state index contributed by atoms with van der Waals surface area (Å²) in [6.07, 6.45) is 0.778. The molecule has 1 rings (SSSR count). The highest BCUT2D eigenvalue weighted by Gasteiger charge is 2.28. The van der Waals surface area contributed by atoms with E-state index >= 15 is 0 Å². The number of hydrogen-bond acceptors (Lipinski definition) is 4. The molecule has 0 atom stereocenters. The van der Waals surface area contributed by atoms with Gasteiger partial charge in [0.2, 0.25) is 10.0 Å². The van der Waals surface area contributed by atoms with Gasteiger partial charge in [-0.3, -0.25) is 0 Å². The van der Waals surface area contributed by atoms with Gasteiger partial charge in [-0.25, -0.2) is 8.42 Å². The molecule has 0 unspecified atom stereocenters. The average molecular weight is 295 g/mol. The molecule has 0 heterocycles. The SMILES string of the molecule is CCc1ccc(N)cc1S(=O)(=O)N(CCC#N)C(C)C. The maximum atomic E-state index is 12.8. The van der Waals surface area contributed by atoms with Crippen LogP contribution in [-0.4, -0.2) is 25.3 Å². The van der Waals surface area contributed by atoms with E-state index in [1.165, 1.54) is 10.4 Å². The molecule has 0 radical (unpaired) electrons. The molecule has 0 fully saturated rings. The lowest BCUT2D eigenvalue weighted by Gasteiger charge is -2.26. The molecule has 1 aromatic carbocycles. The molecule has 0 aliphatic heterocycles. The minimum absolute atomic E-state index is 0.168. The third kappa shape index (κ3) is 3.50. The third-order valence-corrected chi connectivity index (χ3v) is 5.24. The molecular weight excluding hydrogens is 274 g/mol. The number of benzene rings is 1. The Balaban J connectivity index is 3.33. The second-order valence-electron chi connectivity index (χ2n) is 4.84. The number of nitriles is 1. The predicted molar refractivity (Wildman–Crippen MR) is 79.5 cm³/mol. The average Bonchev–Trinajstić information content (AvgIpc) is 2.38. The van der Waals surface area contributed by atoms with Crippen molar-refractivity contribution in [3.05, 3.63) is 23.8 Å². The van der Waals surface area contributed by atoms with Gasteiger partial charge in [0.25, 0.3) is 0 Å². The van der Waals surface area contributed by atoms with Crippen LogP contribution in [-0.2, 0) is 16.4 Å². The molecule has 0 aliphatic carbocycles. The van der Waals surface area contributed by atoms with Crippen LogP contribution in [0, 0.1) is 11.3 Å². The molecule has 0 saturated carbocycles. The van der Waals surface area contributed by atoms with Crippen molar-refractivity contribution in [2.24, 2.45) is 0 Å². The molecule has 1 aromatic rings. The Bertz CT molecular complexity index is 603. The van der Waals surface area contributed by atoms with Gasteiger partial charge in [-0.2, -0.15) is 9.57 Å². The molecule has 6 heteroatoms. The summed E-state index contributed by atoms with van der Waals surface area (Å²) in [5.74, 6) is 0. The quantitative estimate of drug-likeness (QED) is 0.814. The van der Waals surface area contributed by atoms with Gasteiger partial charge < -0.3 is 5.73 Å². The van der Waals surface area contributed by atoms with Crippen LogP contribution < -0.4 is 5.73 Å². The Morgan fingerprint density at radius 2 is 2.05 bits per heavy atom. The second kappa shape index (κ2) is 6.73. The van der Waals surface area contributed by atoms with Gasteiger partial charge in [-0.1, -0.05) is 13.0 Å². The van der Waals surface area contributed by atoms with Crippen molar-refractivity contribution in [1.29, 1.82) is 5.26 Å². The van der Waals surface area contributed by atoms with Crippen LogP contribution in [0.4, 0.5) is 5.69 Å². The summed E-state index contributed by atoms with van der Waals surface area (Å²) in [5.41, 5.74) is 6.88. The molecule has 110 valence electrons. The van der Waals surface area contributed by atoms with Crippen molar-refractivity contribution in [2.75, 3.05) is 12.3 Å². The fraction of sp³-hybridized carbons (Fsp3) is 0.500. The molecule has 0 bridgehead atoms. The van der Waals surface area contributed by atoms with Crippen molar-refractivity contribution in [3.63, 3.8) is 0 Å². The lowest BCUT2D eigenvalue weighted by molar-refractivity contribution is 0.360. The first-order chi connectivity index (χ1) is 9.34. The summed E-state index contributed by atoms with van der Waals surface area (Å²) < 4.78 is 26.9. The van der Waals surface area contributed by atoms with E-state index in [2.05, 4.69) is 0 Å². The molecule has 2 N–H and O–H groups in total. The van der Waals surface area contributed by atoms with Crippen LogP contribution in [0.5, 0.6) is 0 Å². The highest BCUT2D eigenvalue weighted by Crippen LogP contribution is 2.25. The molecule has 0 spiro atoms. The number of nitrogens with zero attached hydrogens (tertiary/aromatic N) is 2. The Morgan fingerprint density at radius 1 is 1.40 bits per heavy atom. The number of hydrogen-bond donors (Lipinski definition) is 1. The van der Waals surface area contributed by atoms with Crippen LogP contribution in [0.2, 0.25) is 0 Å². The van der Waals surface area contributed by atoms with E-state index in [0.29, 0.717) is 12.1 Å². The van der Waals surface area contributed by atoms with Crippen molar-refractivity contribution < 1.29 is 8.42 Å². The molecule has 0 saturated heterocycles. The fourth-order valence-corrected chi connectivity index (χ4v) is 4.01. The highest BCUT2D eigenvalue weighted by atomic mass is 32.2. The summed E-state index contributed by atoms with van der Waals surface area (Å²) in [6, 6.07) is 6.72. The number of aryl methyl sites for hydroxylation is 1. The predicted octanol–water partition coefficient (Wildman–Crippen LogP) is 2.14. The zero-order valence-corrected chi connectivity index (χ0v) is 12.9. The molecule has 20 heavy (non-hydrogen) atoms. The highest BCUT2D eigenvalue weighted by molar-refractivity contribution is 7.89. The minimum atomic E-state index is -3.64. The largest absolute Gasteiger partial charge is 0.399 e. The first-order valence-electron chi connectivity index (χ1n) is 6.61. The van der Waals surface area contributed by atoms with Crippen LogP contribution in [0.15, 0.2) is 23.1 Å². The maximum Gasteiger partial charge on any atom is 0.243 e. The van der Waals surface area contributed by atoms with Crippen molar-refractivity contribution >= 4 is 15.7 Å². The number of sulfonamides is 1.